The van der Waals surface area contributed by atoms with Gasteiger partial charge in [-0.25, -0.2) is 8.42 Å². The number of hydrogen-bond donors (Lipinski definition) is 1. The van der Waals surface area contributed by atoms with Crippen LogP contribution >= 0.6 is 22.9 Å². The summed E-state index contributed by atoms with van der Waals surface area (Å²) in [5.41, 5.74) is 0. The topological polar surface area (TPSA) is 55.4 Å². The quantitative estimate of drug-likeness (QED) is 0.784. The van der Waals surface area contributed by atoms with Crippen molar-refractivity contribution in [1.82, 2.24) is 5.32 Å². The zero-order chi connectivity index (χ0) is 15.3. The number of nitrogens with one attached hydrogen (secondary N) is 1. The number of ether oxygens (including phenoxy) is 1. The lowest BCUT2D eigenvalue weighted by Crippen LogP contribution is -2.20. The first-order valence-corrected chi connectivity index (χ1v) is 9.41. The minimum atomic E-state index is -3.20. The molecule has 0 saturated carbocycles. The molecule has 7 heteroatoms. The Morgan fingerprint density at radius 2 is 2.10 bits per heavy atom. The SMILES string of the molecule is CS(=O)(=O)c1cccc(OCCNCc2ccc(Cl)s2)c1. The second kappa shape index (κ2) is 7.26. The van der Waals surface area contributed by atoms with E-state index < -0.39 is 9.84 Å². The average Bonchev–Trinajstić information content (AvgIpc) is 2.83. The first-order valence-electron chi connectivity index (χ1n) is 6.33. The first-order chi connectivity index (χ1) is 9.95. The summed E-state index contributed by atoms with van der Waals surface area (Å²) in [6.45, 7) is 1.87. The van der Waals surface area contributed by atoms with Crippen LogP contribution in [-0.4, -0.2) is 27.8 Å². The zero-order valence-corrected chi connectivity index (χ0v) is 13.9. The molecule has 0 aliphatic heterocycles. The third-order valence-corrected chi connectivity index (χ3v) is 5.05. The van der Waals surface area contributed by atoms with Crippen molar-refractivity contribution >= 4 is 32.8 Å². The summed E-state index contributed by atoms with van der Waals surface area (Å²) in [7, 11) is -3.20. The molecule has 2 rings (SSSR count). The maximum Gasteiger partial charge on any atom is 0.175 e. The summed E-state index contributed by atoms with van der Waals surface area (Å²) < 4.78 is 29.2. The van der Waals surface area contributed by atoms with Crippen molar-refractivity contribution in [1.29, 1.82) is 0 Å². The minimum absolute atomic E-state index is 0.265. The van der Waals surface area contributed by atoms with Crippen molar-refractivity contribution in [2.24, 2.45) is 0 Å². The molecule has 21 heavy (non-hydrogen) atoms. The third kappa shape index (κ3) is 5.32. The summed E-state index contributed by atoms with van der Waals surface area (Å²) in [5, 5.41) is 3.24. The molecule has 0 unspecified atom stereocenters. The summed E-state index contributed by atoms with van der Waals surface area (Å²) >= 11 is 7.39. The summed E-state index contributed by atoms with van der Waals surface area (Å²) in [6, 6.07) is 10.4. The van der Waals surface area contributed by atoms with Gasteiger partial charge in [0.2, 0.25) is 0 Å². The molecule has 0 radical (unpaired) electrons. The van der Waals surface area contributed by atoms with Crippen LogP contribution in [0.4, 0.5) is 0 Å². The lowest BCUT2D eigenvalue weighted by Gasteiger charge is -2.08. The molecule has 1 aromatic carbocycles. The smallest absolute Gasteiger partial charge is 0.175 e. The van der Waals surface area contributed by atoms with Crippen LogP contribution in [0.15, 0.2) is 41.3 Å². The Morgan fingerprint density at radius 1 is 1.29 bits per heavy atom. The lowest BCUT2D eigenvalue weighted by atomic mass is 10.3. The second-order valence-corrected chi connectivity index (χ2v) is 8.29. The number of sulfone groups is 1. The van der Waals surface area contributed by atoms with E-state index >= 15 is 0 Å². The molecule has 0 saturated heterocycles. The highest BCUT2D eigenvalue weighted by atomic mass is 35.5. The predicted octanol–water partition coefficient (Wildman–Crippen LogP) is 2.97. The van der Waals surface area contributed by atoms with Crippen LogP contribution in [0.3, 0.4) is 0 Å². The standard InChI is InChI=1S/C14H16ClNO3S2/c1-21(17,18)13-4-2-3-11(9-13)19-8-7-16-10-12-5-6-14(15)20-12/h2-6,9,16H,7-8,10H2,1H3. The summed E-state index contributed by atoms with van der Waals surface area (Å²) in [4.78, 5) is 1.43. The van der Waals surface area contributed by atoms with Crippen LogP contribution in [-0.2, 0) is 16.4 Å². The Bertz CT molecular complexity index is 698. The number of rotatable bonds is 7. The highest BCUT2D eigenvalue weighted by Gasteiger charge is 2.07. The van der Waals surface area contributed by atoms with Crippen molar-refractivity contribution in [3.8, 4) is 5.75 Å². The van der Waals surface area contributed by atoms with E-state index in [4.69, 9.17) is 16.3 Å². The average molecular weight is 346 g/mol. The van der Waals surface area contributed by atoms with Crippen LogP contribution in [0.5, 0.6) is 5.75 Å². The second-order valence-electron chi connectivity index (χ2n) is 4.48. The Kier molecular flexibility index (Phi) is 5.64. The summed E-state index contributed by atoms with van der Waals surface area (Å²) in [5.74, 6) is 0.555. The number of halogens is 1. The molecule has 0 atom stereocenters. The molecule has 0 aliphatic rings. The predicted molar refractivity (Wildman–Crippen MR) is 86.1 cm³/mol. The first kappa shape index (κ1) is 16.3. The Labute approximate surface area is 133 Å². The van der Waals surface area contributed by atoms with E-state index in [1.54, 1.807) is 29.5 Å². The third-order valence-electron chi connectivity index (χ3n) is 2.71. The van der Waals surface area contributed by atoms with Gasteiger partial charge >= 0.3 is 0 Å². The fourth-order valence-corrected chi connectivity index (χ4v) is 3.41. The van der Waals surface area contributed by atoms with Crippen molar-refractivity contribution in [2.75, 3.05) is 19.4 Å². The van der Waals surface area contributed by atoms with Gasteiger partial charge in [0.25, 0.3) is 0 Å². The molecule has 0 spiro atoms. The van der Waals surface area contributed by atoms with E-state index in [1.165, 1.54) is 17.2 Å². The van der Waals surface area contributed by atoms with E-state index in [9.17, 15) is 8.42 Å². The van der Waals surface area contributed by atoms with Crippen LogP contribution in [0.1, 0.15) is 4.88 Å². The molecule has 4 nitrogen and oxygen atoms in total. The van der Waals surface area contributed by atoms with E-state index in [0.29, 0.717) is 18.9 Å². The molecule has 0 fully saturated rings. The van der Waals surface area contributed by atoms with Gasteiger partial charge in [0.05, 0.1) is 9.23 Å². The summed E-state index contributed by atoms with van der Waals surface area (Å²) in [6.07, 6.45) is 1.18. The van der Waals surface area contributed by atoms with Gasteiger partial charge < -0.3 is 10.1 Å². The highest BCUT2D eigenvalue weighted by molar-refractivity contribution is 7.90. The van der Waals surface area contributed by atoms with E-state index in [0.717, 1.165) is 10.9 Å². The van der Waals surface area contributed by atoms with E-state index in [1.807, 2.05) is 12.1 Å². The monoisotopic (exact) mass is 345 g/mol. The van der Waals surface area contributed by atoms with Gasteiger partial charge in [-0.3, -0.25) is 0 Å². The van der Waals surface area contributed by atoms with E-state index in [2.05, 4.69) is 5.32 Å². The van der Waals surface area contributed by atoms with E-state index in [-0.39, 0.29) is 4.90 Å². The highest BCUT2D eigenvalue weighted by Crippen LogP contribution is 2.21. The van der Waals surface area contributed by atoms with Crippen LogP contribution < -0.4 is 10.1 Å². The fourth-order valence-electron chi connectivity index (χ4n) is 1.69. The number of thiophene rings is 1. The maximum absolute atomic E-state index is 11.4. The van der Waals surface area contributed by atoms with Gasteiger partial charge in [0, 0.05) is 24.2 Å². The largest absolute Gasteiger partial charge is 0.492 e. The molecule has 114 valence electrons. The Balaban J connectivity index is 1.76. The number of hydrogen-bond acceptors (Lipinski definition) is 5. The van der Waals surface area contributed by atoms with Gasteiger partial charge in [-0.05, 0) is 30.3 Å². The van der Waals surface area contributed by atoms with Gasteiger partial charge in [-0.15, -0.1) is 11.3 Å². The maximum atomic E-state index is 11.4. The van der Waals surface area contributed by atoms with Gasteiger partial charge in [-0.2, -0.15) is 0 Å². The molecule has 2 aromatic rings. The lowest BCUT2D eigenvalue weighted by molar-refractivity contribution is 0.313. The van der Waals surface area contributed by atoms with Crippen molar-refractivity contribution in [2.45, 2.75) is 11.4 Å². The van der Waals surface area contributed by atoms with Crippen molar-refractivity contribution in [3.63, 3.8) is 0 Å². The molecule has 0 amide bonds. The fraction of sp³-hybridized carbons (Fsp3) is 0.286. The van der Waals surface area contributed by atoms with Gasteiger partial charge in [0.1, 0.15) is 12.4 Å². The molecule has 0 aliphatic carbocycles. The van der Waals surface area contributed by atoms with Crippen LogP contribution in [0.2, 0.25) is 4.34 Å². The molecule has 1 heterocycles. The van der Waals surface area contributed by atoms with Gasteiger partial charge in [0.15, 0.2) is 9.84 Å². The van der Waals surface area contributed by atoms with Crippen molar-refractivity contribution in [3.05, 3.63) is 45.6 Å². The minimum Gasteiger partial charge on any atom is -0.492 e. The molecular weight excluding hydrogens is 330 g/mol. The molecular formula is C14H16ClNO3S2. The van der Waals surface area contributed by atoms with Crippen LogP contribution in [0, 0.1) is 0 Å². The van der Waals surface area contributed by atoms with Crippen LogP contribution in [0.25, 0.3) is 0 Å². The normalized spacial score (nSPS) is 11.5. The Morgan fingerprint density at radius 3 is 2.76 bits per heavy atom. The molecule has 0 bridgehead atoms. The van der Waals surface area contributed by atoms with Gasteiger partial charge in [-0.1, -0.05) is 17.7 Å². The zero-order valence-electron chi connectivity index (χ0n) is 11.5. The molecule has 1 aromatic heterocycles. The Hall–Kier alpha value is -1.08. The van der Waals surface area contributed by atoms with Crippen molar-refractivity contribution < 1.29 is 13.2 Å². The number of benzene rings is 1. The molecule has 1 N–H and O–H groups in total.